The van der Waals surface area contributed by atoms with Gasteiger partial charge in [0, 0.05) is 0 Å². The van der Waals surface area contributed by atoms with Gasteiger partial charge in [0.05, 0.1) is 6.10 Å². The molecule has 1 N–H and O–H groups in total. The van der Waals surface area contributed by atoms with Crippen LogP contribution < -0.4 is 0 Å². The molecule has 0 saturated heterocycles. The summed E-state index contributed by atoms with van der Waals surface area (Å²) < 4.78 is 0.405. The number of hydrogen-bond donors (Lipinski definition) is 1. The Hall–Kier alpha value is 0.0500. The lowest BCUT2D eigenvalue weighted by atomic mass is 10.1. The Morgan fingerprint density at radius 1 is 1.40 bits per heavy atom. The fourth-order valence-corrected chi connectivity index (χ4v) is 3.97. The minimum Gasteiger partial charge on any atom is -0.389 e. The van der Waals surface area contributed by atoms with Gasteiger partial charge in [0.2, 0.25) is 0 Å². The van der Waals surface area contributed by atoms with Gasteiger partial charge in [-0.25, -0.2) is 10.0 Å². The number of rotatable bonds is 2. The van der Waals surface area contributed by atoms with Crippen molar-refractivity contribution >= 4 is 10.0 Å². The van der Waals surface area contributed by atoms with Crippen LogP contribution in [-0.4, -0.2) is 34.2 Å². The van der Waals surface area contributed by atoms with Crippen LogP contribution in [-0.2, 0) is 0 Å². The van der Waals surface area contributed by atoms with Crippen LogP contribution in [0.5, 0.6) is 0 Å². The molecule has 0 aromatic rings. The van der Waals surface area contributed by atoms with Crippen LogP contribution in [0.15, 0.2) is 12.2 Å². The standard InChI is InChI=1S/C13H26OS/c1-10-7-11(8-12(10)14)9-15(5,6)13(2,3)4/h11-12,14H,1,7-9H2,2-6H3. The smallest absolute Gasteiger partial charge is 0.0750 e. The van der Waals surface area contributed by atoms with Crippen LogP contribution in [0, 0.1) is 5.92 Å². The Kier molecular flexibility index (Phi) is 3.62. The van der Waals surface area contributed by atoms with Gasteiger partial charge in [-0.15, -0.1) is 0 Å². The minimum absolute atomic E-state index is 0.231. The highest BCUT2D eigenvalue weighted by Crippen LogP contribution is 2.55. The van der Waals surface area contributed by atoms with Crippen LogP contribution in [0.3, 0.4) is 0 Å². The van der Waals surface area contributed by atoms with Crippen molar-refractivity contribution in [1.82, 2.24) is 0 Å². The first-order valence-electron chi connectivity index (χ1n) is 5.70. The van der Waals surface area contributed by atoms with E-state index in [0.29, 0.717) is 10.7 Å². The summed E-state index contributed by atoms with van der Waals surface area (Å²) in [4.78, 5) is 0. The highest BCUT2D eigenvalue weighted by Gasteiger charge is 2.34. The Bertz CT molecular complexity index is 250. The molecular formula is C13H26OS. The molecule has 0 aliphatic heterocycles. The first-order chi connectivity index (χ1) is 6.63. The molecule has 0 bridgehead atoms. The molecule has 2 atom stereocenters. The Morgan fingerprint density at radius 3 is 2.27 bits per heavy atom. The molecule has 1 fully saturated rings. The van der Waals surface area contributed by atoms with Gasteiger partial charge in [0.15, 0.2) is 0 Å². The molecule has 0 aromatic carbocycles. The second-order valence-electron chi connectivity index (χ2n) is 6.30. The van der Waals surface area contributed by atoms with E-state index in [1.807, 2.05) is 0 Å². The molecule has 1 aliphatic rings. The molecule has 90 valence electrons. The molecule has 1 saturated carbocycles. The molecular weight excluding hydrogens is 204 g/mol. The highest BCUT2D eigenvalue weighted by atomic mass is 32.3. The zero-order valence-electron chi connectivity index (χ0n) is 10.8. The Labute approximate surface area is 96.3 Å². The van der Waals surface area contributed by atoms with Gasteiger partial charge >= 0.3 is 0 Å². The average Bonchev–Trinajstić information content (AvgIpc) is 2.27. The summed E-state index contributed by atoms with van der Waals surface area (Å²) in [5.74, 6) is 1.93. The van der Waals surface area contributed by atoms with Crippen LogP contribution in [0.4, 0.5) is 0 Å². The van der Waals surface area contributed by atoms with Gasteiger partial charge in [-0.05, 0) is 47.3 Å². The van der Waals surface area contributed by atoms with Gasteiger partial charge in [-0.1, -0.05) is 27.4 Å². The molecule has 1 rings (SSSR count). The van der Waals surface area contributed by atoms with Gasteiger partial charge in [0.25, 0.3) is 0 Å². The molecule has 1 nitrogen and oxygen atoms in total. The summed E-state index contributed by atoms with van der Waals surface area (Å²) in [7, 11) is -0.580. The summed E-state index contributed by atoms with van der Waals surface area (Å²) in [5, 5.41) is 9.68. The van der Waals surface area contributed by atoms with Crippen molar-refractivity contribution < 1.29 is 5.11 Å². The van der Waals surface area contributed by atoms with E-state index < -0.39 is 10.0 Å². The summed E-state index contributed by atoms with van der Waals surface area (Å²) >= 11 is 0. The first-order valence-corrected chi connectivity index (χ1v) is 8.31. The predicted octanol–water partition coefficient (Wildman–Crippen LogP) is 3.18. The maximum absolute atomic E-state index is 9.68. The normalized spacial score (nSPS) is 29.6. The average molecular weight is 230 g/mol. The Balaban J connectivity index is 2.60. The zero-order chi connectivity index (χ0) is 11.9. The van der Waals surface area contributed by atoms with Gasteiger partial charge in [-0.2, -0.15) is 0 Å². The lowest BCUT2D eigenvalue weighted by Gasteiger charge is -2.46. The lowest BCUT2D eigenvalue weighted by Crippen LogP contribution is -2.28. The van der Waals surface area contributed by atoms with Crippen LogP contribution in [0.2, 0.25) is 0 Å². The number of aliphatic hydroxyl groups is 1. The van der Waals surface area contributed by atoms with E-state index >= 15 is 0 Å². The summed E-state index contributed by atoms with van der Waals surface area (Å²) in [6.45, 7) is 10.9. The van der Waals surface area contributed by atoms with Gasteiger partial charge in [-0.3, -0.25) is 0 Å². The topological polar surface area (TPSA) is 20.2 Å². The fourth-order valence-electron chi connectivity index (χ4n) is 2.04. The molecule has 2 unspecified atom stereocenters. The molecule has 0 amide bonds. The predicted molar refractivity (Wildman–Crippen MR) is 71.9 cm³/mol. The van der Waals surface area contributed by atoms with Gasteiger partial charge in [0.1, 0.15) is 0 Å². The van der Waals surface area contributed by atoms with Crippen molar-refractivity contribution in [3.05, 3.63) is 12.2 Å². The maximum Gasteiger partial charge on any atom is 0.0750 e. The lowest BCUT2D eigenvalue weighted by molar-refractivity contribution is 0.210. The van der Waals surface area contributed by atoms with Gasteiger partial charge < -0.3 is 5.11 Å². The van der Waals surface area contributed by atoms with E-state index in [2.05, 4.69) is 39.9 Å². The third-order valence-corrected chi connectivity index (χ3v) is 8.51. The fraction of sp³-hybridized carbons (Fsp3) is 0.846. The summed E-state index contributed by atoms with van der Waals surface area (Å²) in [5.41, 5.74) is 1.05. The Morgan fingerprint density at radius 2 is 1.93 bits per heavy atom. The highest BCUT2D eigenvalue weighted by molar-refractivity contribution is 8.33. The number of aliphatic hydroxyl groups excluding tert-OH is 1. The third-order valence-electron chi connectivity index (χ3n) is 3.89. The van der Waals surface area contributed by atoms with Crippen molar-refractivity contribution in [3.8, 4) is 0 Å². The van der Waals surface area contributed by atoms with E-state index in [4.69, 9.17) is 0 Å². The van der Waals surface area contributed by atoms with E-state index in [0.717, 1.165) is 18.4 Å². The van der Waals surface area contributed by atoms with Crippen molar-refractivity contribution in [2.45, 2.75) is 44.5 Å². The zero-order valence-corrected chi connectivity index (χ0v) is 11.7. The molecule has 0 aromatic heterocycles. The minimum atomic E-state index is -0.580. The van der Waals surface area contributed by atoms with E-state index in [9.17, 15) is 5.11 Å². The summed E-state index contributed by atoms with van der Waals surface area (Å²) in [6.07, 6.45) is 6.57. The third kappa shape index (κ3) is 3.01. The molecule has 2 heteroatoms. The largest absolute Gasteiger partial charge is 0.389 e. The second kappa shape index (κ2) is 4.14. The maximum atomic E-state index is 9.68. The molecule has 1 aliphatic carbocycles. The monoisotopic (exact) mass is 230 g/mol. The van der Waals surface area contributed by atoms with Crippen LogP contribution >= 0.6 is 10.0 Å². The molecule has 0 heterocycles. The van der Waals surface area contributed by atoms with E-state index in [1.54, 1.807) is 0 Å². The SMILES string of the molecule is C=C1CC(CS(C)(C)C(C)(C)C)CC1O. The van der Waals surface area contributed by atoms with Crippen molar-refractivity contribution in [2.75, 3.05) is 18.3 Å². The first kappa shape index (κ1) is 13.1. The van der Waals surface area contributed by atoms with Crippen LogP contribution in [0.1, 0.15) is 33.6 Å². The van der Waals surface area contributed by atoms with E-state index in [1.165, 1.54) is 5.75 Å². The van der Waals surface area contributed by atoms with Crippen LogP contribution in [0.25, 0.3) is 0 Å². The second-order valence-corrected chi connectivity index (χ2v) is 10.9. The van der Waals surface area contributed by atoms with Crippen molar-refractivity contribution in [1.29, 1.82) is 0 Å². The molecule has 15 heavy (non-hydrogen) atoms. The summed E-state index contributed by atoms with van der Waals surface area (Å²) in [6, 6.07) is 0. The van der Waals surface area contributed by atoms with Crippen molar-refractivity contribution in [3.63, 3.8) is 0 Å². The molecule has 0 spiro atoms. The van der Waals surface area contributed by atoms with E-state index in [-0.39, 0.29) is 6.10 Å². The number of hydrogen-bond acceptors (Lipinski definition) is 1. The van der Waals surface area contributed by atoms with Crippen molar-refractivity contribution in [2.24, 2.45) is 5.92 Å². The quantitative estimate of drug-likeness (QED) is 0.722. The molecule has 0 radical (unpaired) electrons.